The molecular weight excluding hydrogens is 423 g/mol. The predicted molar refractivity (Wildman–Crippen MR) is 122 cm³/mol. The third-order valence-electron chi connectivity index (χ3n) is 5.82. The minimum absolute atomic E-state index is 0.0387. The van der Waals surface area contributed by atoms with E-state index in [9.17, 15) is 4.79 Å². The molecule has 5 heterocycles. The number of hydrogen-bond acceptors (Lipinski definition) is 7. The van der Waals surface area contributed by atoms with E-state index in [1.54, 1.807) is 36.9 Å². The third-order valence-corrected chi connectivity index (χ3v) is 5.82. The lowest BCUT2D eigenvalue weighted by Gasteiger charge is -2.26. The number of carbonyl (C=O) groups is 1. The van der Waals surface area contributed by atoms with Crippen molar-refractivity contribution in [2.75, 3.05) is 23.9 Å². The highest BCUT2D eigenvalue weighted by Crippen LogP contribution is 2.34. The maximum Gasteiger partial charge on any atom is 0.227 e. The fourth-order valence-electron chi connectivity index (χ4n) is 3.92. The molecule has 1 aliphatic carbocycles. The second-order valence-corrected chi connectivity index (χ2v) is 8.23. The number of pyridine rings is 3. The fourth-order valence-corrected chi connectivity index (χ4v) is 3.92. The molecule has 0 bridgehead atoms. The average molecular weight is 442 g/mol. The molecule has 164 valence electrons. The van der Waals surface area contributed by atoms with Gasteiger partial charge < -0.3 is 15.2 Å². The Morgan fingerprint density at radius 2 is 2.09 bits per heavy atom. The summed E-state index contributed by atoms with van der Waals surface area (Å²) in [5.74, 6) is -0.0420. The van der Waals surface area contributed by atoms with Gasteiger partial charge in [0.25, 0.3) is 0 Å². The summed E-state index contributed by atoms with van der Waals surface area (Å²) in [6.45, 7) is 0.350. The third kappa shape index (κ3) is 3.39. The van der Waals surface area contributed by atoms with Crippen LogP contribution in [0.2, 0.25) is 0 Å². The molecule has 1 aliphatic heterocycles. The minimum Gasteiger partial charge on any atom is -0.353 e. The molecule has 6 rings (SSSR count). The van der Waals surface area contributed by atoms with Crippen molar-refractivity contribution < 1.29 is 9.18 Å². The first-order chi connectivity index (χ1) is 16.1. The Morgan fingerprint density at radius 3 is 2.91 bits per heavy atom. The van der Waals surface area contributed by atoms with Crippen LogP contribution in [0.3, 0.4) is 0 Å². The normalized spacial score (nSPS) is 15.3. The number of hydrogen-bond donors (Lipinski definition) is 2. The number of imidazole rings is 1. The van der Waals surface area contributed by atoms with Crippen LogP contribution in [0.15, 0.2) is 48.1 Å². The Morgan fingerprint density at radius 1 is 1.21 bits per heavy atom. The molecule has 0 aromatic carbocycles. The number of nitrogens with zero attached hydrogens (tertiary/aromatic N) is 6. The van der Waals surface area contributed by atoms with Crippen LogP contribution < -0.4 is 10.2 Å². The topological polar surface area (TPSA) is 112 Å². The standard InChI is InChI=1S/C23H19FN8O/c1-32-11-28-21(22-30-15-4-5-25-9-16(15)31-22)18-17(32)10-27-20(19(18)24)13-6-14(8-26-7-13)29-23(33)12-2-3-12/h4-10,12H,2-3,11H2,1H3,(H,29,33)(H,30,31). The summed E-state index contributed by atoms with van der Waals surface area (Å²) < 4.78 is 16.0. The maximum atomic E-state index is 16.0. The molecule has 0 unspecified atom stereocenters. The molecule has 4 aromatic rings. The summed E-state index contributed by atoms with van der Waals surface area (Å²) in [7, 11) is 1.83. The lowest BCUT2D eigenvalue weighted by molar-refractivity contribution is -0.117. The van der Waals surface area contributed by atoms with Gasteiger partial charge in [0.1, 0.15) is 18.1 Å². The molecular formula is C23H19FN8O. The number of aliphatic imine (C=N–C) groups is 1. The number of H-pyrrole nitrogens is 1. The first-order valence-electron chi connectivity index (χ1n) is 10.6. The SMILES string of the molecule is CN1CN=C(c2nc3ccncc3[nH]2)c2c1cnc(-c1cncc(NC(=O)C3CC3)c1)c2F. The van der Waals surface area contributed by atoms with Crippen LogP contribution in [0.1, 0.15) is 24.2 Å². The maximum absolute atomic E-state index is 16.0. The summed E-state index contributed by atoms with van der Waals surface area (Å²) >= 11 is 0. The van der Waals surface area contributed by atoms with Crippen LogP contribution in [0.5, 0.6) is 0 Å². The van der Waals surface area contributed by atoms with Crippen LogP contribution in [0, 0.1) is 11.7 Å². The average Bonchev–Trinajstić information content (AvgIpc) is 3.59. The zero-order valence-corrected chi connectivity index (χ0v) is 17.7. The van der Waals surface area contributed by atoms with Gasteiger partial charge in [-0.15, -0.1) is 0 Å². The van der Waals surface area contributed by atoms with Gasteiger partial charge in [0.2, 0.25) is 5.91 Å². The van der Waals surface area contributed by atoms with E-state index in [2.05, 4.69) is 35.2 Å². The Kier molecular flexibility index (Phi) is 4.39. The van der Waals surface area contributed by atoms with E-state index in [-0.39, 0.29) is 17.5 Å². The fraction of sp³-hybridized carbons (Fsp3) is 0.217. The lowest BCUT2D eigenvalue weighted by Crippen LogP contribution is -2.28. The first-order valence-corrected chi connectivity index (χ1v) is 10.6. The van der Waals surface area contributed by atoms with Crippen LogP contribution in [0.25, 0.3) is 22.3 Å². The smallest absolute Gasteiger partial charge is 0.227 e. The van der Waals surface area contributed by atoms with Crippen molar-refractivity contribution >= 4 is 34.0 Å². The number of aromatic nitrogens is 5. The molecule has 4 aromatic heterocycles. The minimum atomic E-state index is -0.524. The number of rotatable bonds is 4. The molecule has 0 radical (unpaired) electrons. The number of anilines is 2. The van der Waals surface area contributed by atoms with E-state index in [4.69, 9.17) is 0 Å². The first kappa shape index (κ1) is 19.5. The van der Waals surface area contributed by atoms with Gasteiger partial charge in [0.05, 0.1) is 46.6 Å². The Hall–Kier alpha value is -4.21. The lowest BCUT2D eigenvalue weighted by atomic mass is 10.0. The second-order valence-electron chi connectivity index (χ2n) is 8.23. The zero-order chi connectivity index (χ0) is 22.5. The molecule has 2 aliphatic rings. The number of amides is 1. The molecule has 1 saturated carbocycles. The van der Waals surface area contributed by atoms with Crippen molar-refractivity contribution in [3.8, 4) is 11.3 Å². The van der Waals surface area contributed by atoms with Crippen LogP contribution in [-0.2, 0) is 4.79 Å². The van der Waals surface area contributed by atoms with Crippen molar-refractivity contribution in [3.63, 3.8) is 0 Å². The number of halogens is 1. The summed E-state index contributed by atoms with van der Waals surface area (Å²) in [5, 5.41) is 2.85. The molecule has 0 saturated heterocycles. The zero-order valence-electron chi connectivity index (χ0n) is 17.7. The molecule has 0 spiro atoms. The molecule has 10 heteroatoms. The van der Waals surface area contributed by atoms with Gasteiger partial charge >= 0.3 is 0 Å². The monoisotopic (exact) mass is 442 g/mol. The predicted octanol–water partition coefficient (Wildman–Crippen LogP) is 3.15. The van der Waals surface area contributed by atoms with Crippen molar-refractivity contribution in [2.24, 2.45) is 10.9 Å². The molecule has 0 atom stereocenters. The van der Waals surface area contributed by atoms with Crippen molar-refractivity contribution in [1.29, 1.82) is 0 Å². The van der Waals surface area contributed by atoms with E-state index < -0.39 is 5.82 Å². The summed E-state index contributed by atoms with van der Waals surface area (Å²) in [6.07, 6.45) is 9.82. The quantitative estimate of drug-likeness (QED) is 0.502. The van der Waals surface area contributed by atoms with E-state index in [0.717, 1.165) is 23.9 Å². The van der Waals surface area contributed by atoms with Crippen molar-refractivity contribution in [2.45, 2.75) is 12.8 Å². The molecule has 1 fully saturated rings. The van der Waals surface area contributed by atoms with Gasteiger partial charge in [-0.25, -0.2) is 9.37 Å². The summed E-state index contributed by atoms with van der Waals surface area (Å²) in [6, 6.07) is 3.47. The van der Waals surface area contributed by atoms with Gasteiger partial charge in [-0.1, -0.05) is 0 Å². The highest BCUT2D eigenvalue weighted by Gasteiger charge is 2.30. The van der Waals surface area contributed by atoms with Crippen LogP contribution in [0.4, 0.5) is 15.8 Å². The number of carbonyl (C=O) groups excluding carboxylic acids is 1. The largest absolute Gasteiger partial charge is 0.353 e. The van der Waals surface area contributed by atoms with Gasteiger partial charge in [0, 0.05) is 30.9 Å². The number of aromatic amines is 1. The van der Waals surface area contributed by atoms with Gasteiger partial charge in [0.15, 0.2) is 11.6 Å². The highest BCUT2D eigenvalue weighted by atomic mass is 19.1. The Balaban J connectivity index is 1.43. The number of fused-ring (bicyclic) bond motifs is 2. The second kappa shape index (κ2) is 7.44. The summed E-state index contributed by atoms with van der Waals surface area (Å²) in [5.41, 5.74) is 3.93. The Labute approximate surface area is 187 Å². The van der Waals surface area contributed by atoms with Crippen molar-refractivity contribution in [3.05, 3.63) is 60.3 Å². The van der Waals surface area contributed by atoms with E-state index >= 15 is 4.39 Å². The van der Waals surface area contributed by atoms with Crippen LogP contribution in [-0.4, -0.2) is 50.3 Å². The van der Waals surface area contributed by atoms with Crippen LogP contribution >= 0.6 is 0 Å². The van der Waals surface area contributed by atoms with E-state index in [1.807, 2.05) is 11.9 Å². The van der Waals surface area contributed by atoms with E-state index in [1.165, 1.54) is 6.20 Å². The molecule has 1 amide bonds. The highest BCUT2D eigenvalue weighted by molar-refractivity contribution is 6.16. The van der Waals surface area contributed by atoms with Gasteiger partial charge in [-0.05, 0) is 25.0 Å². The summed E-state index contributed by atoms with van der Waals surface area (Å²) in [4.78, 5) is 39.0. The van der Waals surface area contributed by atoms with Crippen molar-refractivity contribution in [1.82, 2.24) is 24.9 Å². The van der Waals surface area contributed by atoms with Gasteiger partial charge in [-0.2, -0.15) is 0 Å². The van der Waals surface area contributed by atoms with Gasteiger partial charge in [-0.3, -0.25) is 24.7 Å². The number of nitrogens with one attached hydrogen (secondary N) is 2. The molecule has 9 nitrogen and oxygen atoms in total. The van der Waals surface area contributed by atoms with E-state index in [0.29, 0.717) is 40.7 Å². The Bertz CT molecular complexity index is 1410. The molecule has 33 heavy (non-hydrogen) atoms. The molecule has 2 N–H and O–H groups in total.